The number of benzene rings is 1. The lowest BCUT2D eigenvalue weighted by Gasteiger charge is -2.03. The zero-order valence-electron chi connectivity index (χ0n) is 10.1. The summed E-state index contributed by atoms with van der Waals surface area (Å²) < 4.78 is 13.2. The third kappa shape index (κ3) is 2.25. The maximum atomic E-state index is 11.9. The Labute approximate surface area is 122 Å². The maximum absolute atomic E-state index is 11.9. The van der Waals surface area contributed by atoms with E-state index >= 15 is 0 Å². The molecule has 2 aromatic heterocycles. The molecule has 0 unspecified atom stereocenters. The number of fused-ring (bicyclic) bond motifs is 1. The van der Waals surface area contributed by atoms with Gasteiger partial charge in [-0.2, -0.15) is 0 Å². The number of ether oxygens (including phenoxy) is 1. The molecule has 0 amide bonds. The van der Waals surface area contributed by atoms with E-state index in [4.69, 9.17) is 9.15 Å². The molecule has 0 atom stereocenters. The average molecular weight is 367 g/mol. The van der Waals surface area contributed by atoms with Crippen LogP contribution >= 0.6 is 22.6 Å². The minimum atomic E-state index is -0.337. The third-order valence-electron chi connectivity index (χ3n) is 2.86. The van der Waals surface area contributed by atoms with E-state index in [9.17, 15) is 4.79 Å². The minimum absolute atomic E-state index is 0.337. The Morgan fingerprint density at radius 3 is 2.63 bits per heavy atom. The van der Waals surface area contributed by atoms with E-state index in [1.165, 1.54) is 0 Å². The second-order valence-corrected chi connectivity index (χ2v) is 5.31. The molecule has 1 aromatic carbocycles. The number of hydrogen-bond acceptors (Lipinski definition) is 3. The van der Waals surface area contributed by atoms with Crippen LogP contribution in [0.2, 0.25) is 0 Å². The second kappa shape index (κ2) is 4.73. The first-order chi connectivity index (χ1) is 9.17. The van der Waals surface area contributed by atoms with Gasteiger partial charge in [-0.05, 0) is 52.9 Å². The average Bonchev–Trinajstić information content (AvgIpc) is 2.80. The largest absolute Gasteiger partial charge is 0.497 e. The van der Waals surface area contributed by atoms with Crippen LogP contribution in [0, 0.1) is 3.57 Å². The molecule has 0 saturated carbocycles. The Morgan fingerprint density at radius 2 is 1.95 bits per heavy atom. The van der Waals surface area contributed by atoms with Gasteiger partial charge in [0.15, 0.2) is 5.76 Å². The van der Waals surface area contributed by atoms with Gasteiger partial charge >= 0.3 is 5.63 Å². The monoisotopic (exact) mass is 367 g/mol. The number of aromatic nitrogens is 1. The van der Waals surface area contributed by atoms with Crippen molar-refractivity contribution in [2.75, 3.05) is 7.11 Å². The smallest absolute Gasteiger partial charge is 0.360 e. The van der Waals surface area contributed by atoms with Gasteiger partial charge < -0.3 is 13.6 Å². The summed E-state index contributed by atoms with van der Waals surface area (Å²) in [4.78, 5) is 11.9. The van der Waals surface area contributed by atoms with Crippen molar-refractivity contribution in [2.24, 2.45) is 0 Å². The molecule has 0 radical (unpaired) electrons. The molecular weight excluding hydrogens is 357 g/mol. The SMILES string of the molecule is COc1ccc(-c2cn3cc(I)cc3c(=O)o2)cc1. The standard InChI is InChI=1S/C14H10INO3/c1-18-11-4-2-9(3-5-11)13-8-16-7-10(15)6-12(16)14(17)19-13/h2-8H,1H3. The van der Waals surface area contributed by atoms with E-state index in [1.807, 2.05) is 30.5 Å². The zero-order chi connectivity index (χ0) is 13.4. The Hall–Kier alpha value is -1.76. The molecule has 5 heteroatoms. The summed E-state index contributed by atoms with van der Waals surface area (Å²) in [5, 5.41) is 0. The topological polar surface area (TPSA) is 43.9 Å². The van der Waals surface area contributed by atoms with Crippen LogP contribution < -0.4 is 10.4 Å². The molecule has 0 fully saturated rings. The molecule has 2 heterocycles. The van der Waals surface area contributed by atoms with Crippen molar-refractivity contribution < 1.29 is 9.15 Å². The molecule has 4 nitrogen and oxygen atoms in total. The lowest BCUT2D eigenvalue weighted by atomic mass is 10.2. The van der Waals surface area contributed by atoms with Crippen molar-refractivity contribution >= 4 is 28.1 Å². The Balaban J connectivity index is 2.16. The summed E-state index contributed by atoms with van der Waals surface area (Å²) in [6.45, 7) is 0. The van der Waals surface area contributed by atoms with E-state index in [0.29, 0.717) is 11.3 Å². The number of hydrogen-bond donors (Lipinski definition) is 0. The van der Waals surface area contributed by atoms with E-state index in [2.05, 4.69) is 22.6 Å². The van der Waals surface area contributed by atoms with Crippen molar-refractivity contribution in [3.8, 4) is 17.1 Å². The number of rotatable bonds is 2. The lowest BCUT2D eigenvalue weighted by Crippen LogP contribution is -2.03. The van der Waals surface area contributed by atoms with Crippen LogP contribution in [-0.4, -0.2) is 11.5 Å². The molecule has 96 valence electrons. The van der Waals surface area contributed by atoms with Crippen molar-refractivity contribution in [1.29, 1.82) is 0 Å². The summed E-state index contributed by atoms with van der Waals surface area (Å²) >= 11 is 2.17. The number of nitrogens with zero attached hydrogens (tertiary/aromatic N) is 1. The summed E-state index contributed by atoms with van der Waals surface area (Å²) in [6, 6.07) is 9.18. The maximum Gasteiger partial charge on any atom is 0.360 e. The third-order valence-corrected chi connectivity index (χ3v) is 3.45. The van der Waals surface area contributed by atoms with Gasteiger partial charge in [-0.15, -0.1) is 0 Å². The first kappa shape index (κ1) is 12.3. The first-order valence-corrected chi connectivity index (χ1v) is 6.71. The molecule has 0 aliphatic rings. The fourth-order valence-corrected chi connectivity index (χ4v) is 2.50. The molecule has 0 saturated heterocycles. The van der Waals surface area contributed by atoms with E-state index in [0.717, 1.165) is 14.9 Å². The van der Waals surface area contributed by atoms with Crippen LogP contribution in [0.25, 0.3) is 16.8 Å². The predicted octanol–water partition coefficient (Wildman–Crippen LogP) is 3.17. The van der Waals surface area contributed by atoms with Crippen molar-refractivity contribution in [3.63, 3.8) is 0 Å². The molecule has 0 aliphatic carbocycles. The molecule has 3 aromatic rings. The minimum Gasteiger partial charge on any atom is -0.497 e. The van der Waals surface area contributed by atoms with Crippen LogP contribution in [0.15, 0.2) is 51.9 Å². The summed E-state index contributed by atoms with van der Waals surface area (Å²) in [5.74, 6) is 1.30. The van der Waals surface area contributed by atoms with E-state index < -0.39 is 0 Å². The van der Waals surface area contributed by atoms with Gasteiger partial charge in [-0.3, -0.25) is 0 Å². The highest BCUT2D eigenvalue weighted by Crippen LogP contribution is 2.22. The highest BCUT2D eigenvalue weighted by molar-refractivity contribution is 14.1. The van der Waals surface area contributed by atoms with Crippen LogP contribution in [0.5, 0.6) is 5.75 Å². The van der Waals surface area contributed by atoms with Gasteiger partial charge in [0.25, 0.3) is 0 Å². The second-order valence-electron chi connectivity index (χ2n) is 4.06. The molecule has 0 spiro atoms. The van der Waals surface area contributed by atoms with Crippen LogP contribution in [0.3, 0.4) is 0 Å². The van der Waals surface area contributed by atoms with Gasteiger partial charge in [0.2, 0.25) is 0 Å². The fraction of sp³-hybridized carbons (Fsp3) is 0.0714. The first-order valence-electron chi connectivity index (χ1n) is 5.63. The number of halogens is 1. The fourth-order valence-electron chi connectivity index (χ4n) is 1.91. The van der Waals surface area contributed by atoms with Gasteiger partial charge in [0.1, 0.15) is 11.3 Å². The molecular formula is C14H10INO3. The normalized spacial score (nSPS) is 10.8. The zero-order valence-corrected chi connectivity index (χ0v) is 12.2. The summed E-state index contributed by atoms with van der Waals surface area (Å²) in [6.07, 6.45) is 3.69. The molecule has 3 rings (SSSR count). The van der Waals surface area contributed by atoms with Gasteiger partial charge in [-0.1, -0.05) is 0 Å². The van der Waals surface area contributed by atoms with Gasteiger partial charge in [0, 0.05) is 15.3 Å². The number of methoxy groups -OCH3 is 1. The predicted molar refractivity (Wildman–Crippen MR) is 80.6 cm³/mol. The van der Waals surface area contributed by atoms with Crippen molar-refractivity contribution in [2.45, 2.75) is 0 Å². The van der Waals surface area contributed by atoms with Crippen molar-refractivity contribution in [1.82, 2.24) is 4.40 Å². The van der Waals surface area contributed by atoms with Gasteiger partial charge in [-0.25, -0.2) is 4.79 Å². The highest BCUT2D eigenvalue weighted by Gasteiger charge is 2.08. The Kier molecular flexibility index (Phi) is 3.06. The summed E-state index contributed by atoms with van der Waals surface area (Å²) in [5.41, 5.74) is 1.04. The summed E-state index contributed by atoms with van der Waals surface area (Å²) in [7, 11) is 1.61. The molecule has 0 N–H and O–H groups in total. The van der Waals surface area contributed by atoms with E-state index in [-0.39, 0.29) is 5.63 Å². The van der Waals surface area contributed by atoms with Gasteiger partial charge in [0.05, 0.1) is 13.3 Å². The lowest BCUT2D eigenvalue weighted by molar-refractivity contribution is 0.415. The van der Waals surface area contributed by atoms with Crippen LogP contribution in [-0.2, 0) is 0 Å². The van der Waals surface area contributed by atoms with Crippen LogP contribution in [0.1, 0.15) is 0 Å². The molecule has 19 heavy (non-hydrogen) atoms. The molecule has 0 aliphatic heterocycles. The quantitative estimate of drug-likeness (QED) is 0.654. The van der Waals surface area contributed by atoms with E-state index in [1.54, 1.807) is 23.8 Å². The molecule has 0 bridgehead atoms. The Bertz CT molecular complexity index is 787. The Morgan fingerprint density at radius 1 is 1.21 bits per heavy atom. The van der Waals surface area contributed by atoms with Crippen molar-refractivity contribution in [3.05, 3.63) is 56.7 Å². The highest BCUT2D eigenvalue weighted by atomic mass is 127. The van der Waals surface area contributed by atoms with Crippen LogP contribution in [0.4, 0.5) is 0 Å².